The standard InChI is InChI=1S/C14H15BrIN3/c1-3-6-11-12(16)14(17-2)19-13(18-11)9-7-4-5-8-10(9)15/h4-5,7-8H,3,6H2,1-2H3,(H,17,18,19). The minimum atomic E-state index is 0.765. The molecule has 1 aromatic carbocycles. The van der Waals surface area contributed by atoms with Gasteiger partial charge in [-0.05, 0) is 35.1 Å². The maximum absolute atomic E-state index is 4.71. The van der Waals surface area contributed by atoms with E-state index < -0.39 is 0 Å². The number of nitrogens with zero attached hydrogens (tertiary/aromatic N) is 2. The minimum absolute atomic E-state index is 0.765. The number of rotatable bonds is 4. The van der Waals surface area contributed by atoms with E-state index in [0.717, 1.165) is 43.8 Å². The van der Waals surface area contributed by atoms with E-state index >= 15 is 0 Å². The van der Waals surface area contributed by atoms with Crippen LogP contribution in [0.2, 0.25) is 0 Å². The Balaban J connectivity index is 2.58. The maximum atomic E-state index is 4.71. The quantitative estimate of drug-likeness (QED) is 0.724. The van der Waals surface area contributed by atoms with Gasteiger partial charge >= 0.3 is 0 Å². The zero-order valence-corrected chi connectivity index (χ0v) is 14.6. The summed E-state index contributed by atoms with van der Waals surface area (Å²) in [6.07, 6.45) is 2.04. The Morgan fingerprint density at radius 3 is 2.63 bits per heavy atom. The Bertz CT molecular complexity index is 587. The molecule has 0 saturated heterocycles. The van der Waals surface area contributed by atoms with Crippen LogP contribution >= 0.6 is 38.5 Å². The van der Waals surface area contributed by atoms with Gasteiger partial charge in [-0.15, -0.1) is 0 Å². The largest absolute Gasteiger partial charge is 0.372 e. The smallest absolute Gasteiger partial charge is 0.162 e. The lowest BCUT2D eigenvalue weighted by Crippen LogP contribution is -2.05. The molecule has 0 atom stereocenters. The van der Waals surface area contributed by atoms with E-state index in [2.05, 4.69) is 55.7 Å². The highest BCUT2D eigenvalue weighted by Gasteiger charge is 2.13. The van der Waals surface area contributed by atoms with Crippen LogP contribution in [0.25, 0.3) is 11.4 Å². The normalized spacial score (nSPS) is 10.5. The molecule has 0 unspecified atom stereocenters. The highest BCUT2D eigenvalue weighted by molar-refractivity contribution is 14.1. The maximum Gasteiger partial charge on any atom is 0.162 e. The Labute approximate surface area is 135 Å². The summed E-state index contributed by atoms with van der Waals surface area (Å²) in [5.74, 6) is 1.66. The Morgan fingerprint density at radius 1 is 1.26 bits per heavy atom. The van der Waals surface area contributed by atoms with Crippen LogP contribution in [-0.2, 0) is 6.42 Å². The summed E-state index contributed by atoms with van der Waals surface area (Å²) in [6.45, 7) is 2.16. The SMILES string of the molecule is CCCc1nc(-c2ccccc2Br)nc(NC)c1I. The Morgan fingerprint density at radius 2 is 2.00 bits per heavy atom. The first kappa shape index (κ1) is 14.7. The molecule has 3 nitrogen and oxygen atoms in total. The molecule has 1 N–H and O–H groups in total. The number of nitrogens with one attached hydrogen (secondary N) is 1. The zero-order valence-electron chi connectivity index (χ0n) is 10.9. The summed E-state index contributed by atoms with van der Waals surface area (Å²) in [6, 6.07) is 8.03. The van der Waals surface area contributed by atoms with E-state index in [0.29, 0.717) is 0 Å². The first-order valence-corrected chi connectivity index (χ1v) is 8.03. The van der Waals surface area contributed by atoms with Crippen molar-refractivity contribution in [3.05, 3.63) is 38.0 Å². The van der Waals surface area contributed by atoms with Crippen molar-refractivity contribution in [1.82, 2.24) is 9.97 Å². The highest BCUT2D eigenvalue weighted by atomic mass is 127. The summed E-state index contributed by atoms with van der Waals surface area (Å²) in [4.78, 5) is 9.32. The fourth-order valence-corrected chi connectivity index (χ4v) is 3.07. The summed E-state index contributed by atoms with van der Waals surface area (Å²) in [5, 5.41) is 3.15. The molecule has 0 spiro atoms. The van der Waals surface area contributed by atoms with E-state index in [9.17, 15) is 0 Å². The number of anilines is 1. The number of hydrogen-bond donors (Lipinski definition) is 1. The average molecular weight is 432 g/mol. The first-order valence-electron chi connectivity index (χ1n) is 6.16. The van der Waals surface area contributed by atoms with Gasteiger partial charge in [0.05, 0.1) is 9.26 Å². The predicted octanol–water partition coefficient (Wildman–Crippen LogP) is 4.50. The molecule has 0 bridgehead atoms. The van der Waals surface area contributed by atoms with Crippen molar-refractivity contribution >= 4 is 44.3 Å². The summed E-state index contributed by atoms with van der Waals surface area (Å²) < 4.78 is 2.12. The Hall–Kier alpha value is -0.690. The second kappa shape index (κ2) is 6.65. The monoisotopic (exact) mass is 431 g/mol. The third-order valence-electron chi connectivity index (χ3n) is 2.76. The van der Waals surface area contributed by atoms with Gasteiger partial charge in [0.2, 0.25) is 0 Å². The van der Waals surface area contributed by atoms with Crippen molar-refractivity contribution in [2.45, 2.75) is 19.8 Å². The van der Waals surface area contributed by atoms with Gasteiger partial charge in [0.25, 0.3) is 0 Å². The van der Waals surface area contributed by atoms with Crippen molar-refractivity contribution in [1.29, 1.82) is 0 Å². The van der Waals surface area contributed by atoms with Crippen LogP contribution in [0.4, 0.5) is 5.82 Å². The van der Waals surface area contributed by atoms with Crippen molar-refractivity contribution in [2.24, 2.45) is 0 Å². The first-order chi connectivity index (χ1) is 9.17. The molecule has 2 aromatic rings. The topological polar surface area (TPSA) is 37.8 Å². The van der Waals surface area contributed by atoms with Gasteiger partial charge in [-0.3, -0.25) is 0 Å². The molecular formula is C14H15BrIN3. The van der Waals surface area contributed by atoms with Gasteiger partial charge in [0.1, 0.15) is 5.82 Å². The number of hydrogen-bond acceptors (Lipinski definition) is 3. The van der Waals surface area contributed by atoms with E-state index in [4.69, 9.17) is 4.98 Å². The van der Waals surface area contributed by atoms with Crippen LogP contribution in [0.3, 0.4) is 0 Å². The number of halogens is 2. The van der Waals surface area contributed by atoms with E-state index in [1.807, 2.05) is 31.3 Å². The molecule has 0 aliphatic rings. The van der Waals surface area contributed by atoms with Crippen LogP contribution in [-0.4, -0.2) is 17.0 Å². The average Bonchev–Trinajstić information content (AvgIpc) is 2.42. The number of benzene rings is 1. The molecule has 1 aromatic heterocycles. The van der Waals surface area contributed by atoms with Crippen LogP contribution < -0.4 is 5.32 Å². The number of aryl methyl sites for hydroxylation is 1. The van der Waals surface area contributed by atoms with Gasteiger partial charge in [-0.1, -0.05) is 47.5 Å². The van der Waals surface area contributed by atoms with E-state index in [1.165, 1.54) is 0 Å². The van der Waals surface area contributed by atoms with Crippen LogP contribution in [0.15, 0.2) is 28.7 Å². The highest BCUT2D eigenvalue weighted by Crippen LogP contribution is 2.29. The van der Waals surface area contributed by atoms with Crippen molar-refractivity contribution in [3.8, 4) is 11.4 Å². The third kappa shape index (κ3) is 3.25. The van der Waals surface area contributed by atoms with Crippen molar-refractivity contribution in [3.63, 3.8) is 0 Å². The second-order valence-corrected chi connectivity index (χ2v) is 6.07. The molecule has 100 valence electrons. The molecular weight excluding hydrogens is 417 g/mol. The summed E-state index contributed by atoms with van der Waals surface area (Å²) in [7, 11) is 1.89. The molecule has 5 heteroatoms. The van der Waals surface area contributed by atoms with Gasteiger partial charge in [-0.25, -0.2) is 9.97 Å². The van der Waals surface area contributed by atoms with Crippen LogP contribution in [0.1, 0.15) is 19.0 Å². The molecule has 0 saturated carbocycles. The molecule has 0 radical (unpaired) electrons. The third-order valence-corrected chi connectivity index (χ3v) is 4.58. The van der Waals surface area contributed by atoms with Gasteiger partial charge in [0.15, 0.2) is 5.82 Å². The van der Waals surface area contributed by atoms with Gasteiger partial charge in [0, 0.05) is 17.1 Å². The lowest BCUT2D eigenvalue weighted by Gasteiger charge is -2.11. The van der Waals surface area contributed by atoms with Crippen molar-refractivity contribution < 1.29 is 0 Å². The summed E-state index contributed by atoms with van der Waals surface area (Å²) in [5.41, 5.74) is 2.13. The number of aromatic nitrogens is 2. The molecule has 0 amide bonds. The predicted molar refractivity (Wildman–Crippen MR) is 91.4 cm³/mol. The van der Waals surface area contributed by atoms with Crippen molar-refractivity contribution in [2.75, 3.05) is 12.4 Å². The molecule has 0 aliphatic heterocycles. The second-order valence-electron chi connectivity index (χ2n) is 4.14. The summed E-state index contributed by atoms with van der Waals surface area (Å²) >= 11 is 5.87. The van der Waals surface area contributed by atoms with Gasteiger partial charge < -0.3 is 5.32 Å². The van der Waals surface area contributed by atoms with E-state index in [-0.39, 0.29) is 0 Å². The molecule has 2 rings (SSSR count). The van der Waals surface area contributed by atoms with Crippen LogP contribution in [0.5, 0.6) is 0 Å². The zero-order chi connectivity index (χ0) is 13.8. The lowest BCUT2D eigenvalue weighted by molar-refractivity contribution is 0.868. The lowest BCUT2D eigenvalue weighted by atomic mass is 10.2. The molecule has 0 aliphatic carbocycles. The molecule has 1 heterocycles. The van der Waals surface area contributed by atoms with E-state index in [1.54, 1.807) is 0 Å². The minimum Gasteiger partial charge on any atom is -0.372 e. The van der Waals surface area contributed by atoms with Gasteiger partial charge in [-0.2, -0.15) is 0 Å². The van der Waals surface area contributed by atoms with Crippen LogP contribution in [0, 0.1) is 3.57 Å². The molecule has 19 heavy (non-hydrogen) atoms. The molecule has 0 fully saturated rings. The fraction of sp³-hybridized carbons (Fsp3) is 0.286. The fourth-order valence-electron chi connectivity index (χ4n) is 1.82. The Kier molecular flexibility index (Phi) is 5.15.